The molecule has 0 saturated carbocycles. The fraction of sp³-hybridized carbons (Fsp3) is 0.185. The van der Waals surface area contributed by atoms with Crippen LogP contribution in [0.3, 0.4) is 0 Å². The predicted octanol–water partition coefficient (Wildman–Crippen LogP) is 5.73. The first-order valence-corrected chi connectivity index (χ1v) is 11.6. The normalized spacial score (nSPS) is 16.5. The second kappa shape index (κ2) is 9.12. The van der Waals surface area contributed by atoms with Crippen molar-refractivity contribution in [1.82, 2.24) is 0 Å². The van der Waals surface area contributed by atoms with Gasteiger partial charge < -0.3 is 10.2 Å². The third-order valence-corrected chi connectivity index (χ3v) is 6.34. The van der Waals surface area contributed by atoms with E-state index in [2.05, 4.69) is 22.3 Å². The molecule has 2 heterocycles. The second-order valence-electron chi connectivity index (χ2n) is 8.26. The molecule has 1 N–H and O–H groups in total. The molecule has 5 nitrogen and oxygen atoms in total. The highest BCUT2D eigenvalue weighted by Gasteiger charge is 2.40. The molecule has 5 rings (SSSR count). The van der Waals surface area contributed by atoms with Gasteiger partial charge in [-0.1, -0.05) is 41.9 Å². The van der Waals surface area contributed by atoms with Gasteiger partial charge in [0, 0.05) is 29.5 Å². The number of anilines is 3. The van der Waals surface area contributed by atoms with Gasteiger partial charge in [-0.05, 0) is 73.4 Å². The summed E-state index contributed by atoms with van der Waals surface area (Å²) in [5.74, 6) is -0.748. The number of benzene rings is 3. The average molecular weight is 458 g/mol. The van der Waals surface area contributed by atoms with E-state index in [-0.39, 0.29) is 17.5 Å². The molecule has 2 amide bonds. The molecule has 0 radical (unpaired) electrons. The van der Waals surface area contributed by atoms with Crippen molar-refractivity contribution in [2.24, 2.45) is 0 Å². The van der Waals surface area contributed by atoms with E-state index in [1.54, 1.807) is 24.3 Å². The topological polar surface area (TPSA) is 52.7 Å². The van der Waals surface area contributed by atoms with Gasteiger partial charge in [0.05, 0.1) is 11.3 Å². The SMILES string of the molecule is O=C1C(Nc2ccc(N3CCCCC3)cc2)=C(c2ccccc2)C(=O)N1c1ccc(Cl)cc1. The highest BCUT2D eigenvalue weighted by atomic mass is 35.5. The number of carbonyl (C=O) groups is 2. The van der Waals surface area contributed by atoms with Crippen LogP contribution in [0.4, 0.5) is 17.1 Å². The van der Waals surface area contributed by atoms with Crippen molar-refractivity contribution >= 4 is 46.1 Å². The van der Waals surface area contributed by atoms with Gasteiger partial charge in [-0.15, -0.1) is 0 Å². The quantitative estimate of drug-likeness (QED) is 0.497. The van der Waals surface area contributed by atoms with Gasteiger partial charge in [0.2, 0.25) is 0 Å². The lowest BCUT2D eigenvalue weighted by Gasteiger charge is -2.28. The van der Waals surface area contributed by atoms with Crippen LogP contribution in [-0.2, 0) is 9.59 Å². The molecule has 1 saturated heterocycles. The van der Waals surface area contributed by atoms with Crippen LogP contribution < -0.4 is 15.1 Å². The number of halogens is 1. The number of nitrogens with zero attached hydrogens (tertiary/aromatic N) is 2. The Morgan fingerprint density at radius 2 is 1.33 bits per heavy atom. The van der Waals surface area contributed by atoms with Crippen molar-refractivity contribution in [2.45, 2.75) is 19.3 Å². The summed E-state index contributed by atoms with van der Waals surface area (Å²) in [7, 11) is 0. The maximum Gasteiger partial charge on any atom is 0.282 e. The van der Waals surface area contributed by atoms with E-state index in [1.807, 2.05) is 42.5 Å². The van der Waals surface area contributed by atoms with Crippen LogP contribution in [0.25, 0.3) is 5.57 Å². The van der Waals surface area contributed by atoms with E-state index in [4.69, 9.17) is 11.6 Å². The lowest BCUT2D eigenvalue weighted by atomic mass is 10.0. The van der Waals surface area contributed by atoms with Gasteiger partial charge in [-0.2, -0.15) is 0 Å². The molecule has 33 heavy (non-hydrogen) atoms. The Kier molecular flexibility index (Phi) is 5.88. The van der Waals surface area contributed by atoms with Crippen LogP contribution in [0.2, 0.25) is 5.02 Å². The third kappa shape index (κ3) is 4.24. The highest BCUT2D eigenvalue weighted by molar-refractivity contribution is 6.46. The average Bonchev–Trinajstić information content (AvgIpc) is 3.10. The maximum absolute atomic E-state index is 13.4. The van der Waals surface area contributed by atoms with Crippen molar-refractivity contribution in [3.63, 3.8) is 0 Å². The number of hydrogen-bond acceptors (Lipinski definition) is 4. The largest absolute Gasteiger partial charge is 0.372 e. The summed E-state index contributed by atoms with van der Waals surface area (Å²) in [6, 6.07) is 24.0. The second-order valence-corrected chi connectivity index (χ2v) is 8.69. The Labute approximate surface area is 198 Å². The summed E-state index contributed by atoms with van der Waals surface area (Å²) < 4.78 is 0. The molecule has 3 aromatic rings. The number of piperidine rings is 1. The fourth-order valence-electron chi connectivity index (χ4n) is 4.39. The van der Waals surface area contributed by atoms with Gasteiger partial charge in [0.25, 0.3) is 11.8 Å². The first kappa shape index (κ1) is 21.3. The minimum Gasteiger partial charge on any atom is -0.372 e. The van der Waals surface area contributed by atoms with Gasteiger partial charge in [0.1, 0.15) is 5.70 Å². The Morgan fingerprint density at radius 3 is 2.00 bits per heavy atom. The number of carbonyl (C=O) groups excluding carboxylic acids is 2. The summed E-state index contributed by atoms with van der Waals surface area (Å²) in [4.78, 5) is 30.5. The number of hydrogen-bond donors (Lipinski definition) is 1. The standard InChI is InChI=1S/C27H24ClN3O2/c28-20-9-13-23(14-10-20)31-26(32)24(19-7-3-1-4-8-19)25(27(31)33)29-21-11-15-22(16-12-21)30-17-5-2-6-18-30/h1,3-4,7-16,29H,2,5-6,17-18H2. The zero-order valence-corrected chi connectivity index (χ0v) is 18.9. The lowest BCUT2D eigenvalue weighted by Crippen LogP contribution is -2.32. The third-order valence-electron chi connectivity index (χ3n) is 6.09. The molecule has 2 aliphatic rings. The smallest absolute Gasteiger partial charge is 0.282 e. The van der Waals surface area contributed by atoms with Crippen molar-refractivity contribution in [1.29, 1.82) is 0 Å². The first-order valence-electron chi connectivity index (χ1n) is 11.2. The summed E-state index contributed by atoms with van der Waals surface area (Å²) in [6.07, 6.45) is 3.71. The van der Waals surface area contributed by atoms with Crippen LogP contribution in [0.5, 0.6) is 0 Å². The van der Waals surface area contributed by atoms with Crippen LogP contribution in [0, 0.1) is 0 Å². The van der Waals surface area contributed by atoms with Gasteiger partial charge >= 0.3 is 0 Å². The zero-order valence-electron chi connectivity index (χ0n) is 18.1. The van der Waals surface area contributed by atoms with Crippen LogP contribution in [0.1, 0.15) is 24.8 Å². The molecule has 0 spiro atoms. The van der Waals surface area contributed by atoms with Gasteiger partial charge in [-0.25, -0.2) is 4.90 Å². The van der Waals surface area contributed by atoms with E-state index in [0.717, 1.165) is 18.8 Å². The fourth-order valence-corrected chi connectivity index (χ4v) is 4.52. The maximum atomic E-state index is 13.4. The van der Waals surface area contributed by atoms with Crippen LogP contribution in [-0.4, -0.2) is 24.9 Å². The zero-order chi connectivity index (χ0) is 22.8. The van der Waals surface area contributed by atoms with Crippen LogP contribution in [0.15, 0.2) is 84.6 Å². The van der Waals surface area contributed by atoms with E-state index in [0.29, 0.717) is 21.8 Å². The van der Waals surface area contributed by atoms with E-state index in [1.165, 1.54) is 29.8 Å². The first-order chi connectivity index (χ1) is 16.1. The molecular formula is C27H24ClN3O2. The lowest BCUT2D eigenvalue weighted by molar-refractivity contribution is -0.120. The molecule has 0 aliphatic carbocycles. The molecule has 6 heteroatoms. The highest BCUT2D eigenvalue weighted by Crippen LogP contribution is 2.34. The van der Waals surface area contributed by atoms with E-state index >= 15 is 0 Å². The molecule has 3 aromatic carbocycles. The minimum atomic E-state index is -0.388. The Hall–Kier alpha value is -3.57. The summed E-state index contributed by atoms with van der Waals surface area (Å²) in [5.41, 5.74) is 3.75. The molecule has 166 valence electrons. The molecule has 0 atom stereocenters. The van der Waals surface area contributed by atoms with E-state index in [9.17, 15) is 9.59 Å². The Bertz CT molecular complexity index is 1200. The number of nitrogens with one attached hydrogen (secondary N) is 1. The van der Waals surface area contributed by atoms with Crippen molar-refractivity contribution in [3.05, 3.63) is 95.1 Å². The van der Waals surface area contributed by atoms with E-state index < -0.39 is 0 Å². The molecule has 0 unspecified atom stereocenters. The van der Waals surface area contributed by atoms with Crippen LogP contribution >= 0.6 is 11.6 Å². The molecule has 1 fully saturated rings. The molecule has 2 aliphatic heterocycles. The molecular weight excluding hydrogens is 434 g/mol. The summed E-state index contributed by atoms with van der Waals surface area (Å²) in [6.45, 7) is 2.14. The summed E-state index contributed by atoms with van der Waals surface area (Å²) in [5, 5.41) is 3.78. The number of amides is 2. The monoisotopic (exact) mass is 457 g/mol. The summed E-state index contributed by atoms with van der Waals surface area (Å²) >= 11 is 6.01. The van der Waals surface area contributed by atoms with Gasteiger partial charge in [-0.3, -0.25) is 9.59 Å². The van der Waals surface area contributed by atoms with Gasteiger partial charge in [0.15, 0.2) is 0 Å². The van der Waals surface area contributed by atoms with Crippen molar-refractivity contribution in [2.75, 3.05) is 28.2 Å². The number of imide groups is 1. The number of rotatable bonds is 5. The Morgan fingerprint density at radius 1 is 0.697 bits per heavy atom. The Balaban J connectivity index is 1.48. The van der Waals surface area contributed by atoms with Crippen molar-refractivity contribution in [3.8, 4) is 0 Å². The van der Waals surface area contributed by atoms with Crippen molar-refractivity contribution < 1.29 is 9.59 Å². The molecule has 0 aromatic heterocycles. The predicted molar refractivity (Wildman–Crippen MR) is 133 cm³/mol. The minimum absolute atomic E-state index is 0.270. The molecule has 0 bridgehead atoms.